The molecule has 2 rings (SSSR count). The number of nitrogens with two attached hydrogens (primary N) is 1. The van der Waals surface area contributed by atoms with E-state index in [2.05, 4.69) is 5.32 Å². The highest BCUT2D eigenvalue weighted by Gasteiger charge is 2.24. The van der Waals surface area contributed by atoms with Crippen LogP contribution in [-0.4, -0.2) is 24.9 Å². The third-order valence-corrected chi connectivity index (χ3v) is 2.43. The summed E-state index contributed by atoms with van der Waals surface area (Å²) in [7, 11) is 0. The molecule has 17 heavy (non-hydrogen) atoms. The Morgan fingerprint density at radius 1 is 1.29 bits per heavy atom. The number of imide groups is 1. The van der Waals surface area contributed by atoms with Crippen molar-refractivity contribution in [3.05, 3.63) is 23.8 Å². The summed E-state index contributed by atoms with van der Waals surface area (Å²) in [4.78, 5) is 24.0. The molecule has 6 heteroatoms. The van der Waals surface area contributed by atoms with Crippen molar-refractivity contribution in [1.29, 1.82) is 5.26 Å². The summed E-state index contributed by atoms with van der Waals surface area (Å²) in [6.07, 6.45) is 0. The molecule has 2 amide bonds. The number of nitrogens with one attached hydrogen (secondary N) is 1. The largest absolute Gasteiger partial charge is 0.399 e. The van der Waals surface area contributed by atoms with Crippen LogP contribution in [0.2, 0.25) is 0 Å². The molecule has 0 saturated carbocycles. The Hall–Kier alpha value is -2.55. The number of carbonyl (C=O) groups excluding carboxylic acids is 2. The van der Waals surface area contributed by atoms with Gasteiger partial charge in [0.2, 0.25) is 11.8 Å². The Bertz CT molecular complexity index is 517. The quantitative estimate of drug-likeness (QED) is 0.505. The molecule has 0 atom stereocenters. The molecule has 0 aliphatic carbocycles. The number of carbonyl (C=O) groups is 2. The lowest BCUT2D eigenvalue weighted by atomic mass is 10.1. The van der Waals surface area contributed by atoms with Gasteiger partial charge in [-0.15, -0.1) is 0 Å². The predicted octanol–water partition coefficient (Wildman–Crippen LogP) is -0.397. The molecule has 0 spiro atoms. The molecule has 3 N–H and O–H groups in total. The topological polar surface area (TPSA) is 99.2 Å². The molecule has 1 fully saturated rings. The van der Waals surface area contributed by atoms with Crippen molar-refractivity contribution in [3.63, 3.8) is 0 Å². The number of nitrogens with zero attached hydrogens (tertiary/aromatic N) is 2. The maximum absolute atomic E-state index is 11.2. The maximum atomic E-state index is 11.2. The first kappa shape index (κ1) is 11.0. The monoisotopic (exact) mass is 230 g/mol. The van der Waals surface area contributed by atoms with Gasteiger partial charge in [-0.3, -0.25) is 14.9 Å². The van der Waals surface area contributed by atoms with Gasteiger partial charge in [-0.1, -0.05) is 0 Å². The Morgan fingerprint density at radius 2 is 1.94 bits per heavy atom. The number of piperazine rings is 1. The fraction of sp³-hybridized carbons (Fsp3) is 0.182. The number of amides is 2. The van der Waals surface area contributed by atoms with Gasteiger partial charge in [0, 0.05) is 5.69 Å². The summed E-state index contributed by atoms with van der Waals surface area (Å²) in [5, 5.41) is 11.2. The number of hydrogen-bond acceptors (Lipinski definition) is 5. The Morgan fingerprint density at radius 3 is 2.53 bits per heavy atom. The molecule has 0 unspecified atom stereocenters. The molecule has 1 aromatic carbocycles. The van der Waals surface area contributed by atoms with Crippen LogP contribution in [0.4, 0.5) is 11.4 Å². The first-order valence-electron chi connectivity index (χ1n) is 4.97. The lowest BCUT2D eigenvalue weighted by molar-refractivity contribution is -0.130. The Labute approximate surface area is 97.6 Å². The first-order valence-corrected chi connectivity index (χ1v) is 4.97. The smallest absolute Gasteiger partial charge is 0.246 e. The van der Waals surface area contributed by atoms with Crippen LogP contribution in [0.3, 0.4) is 0 Å². The van der Waals surface area contributed by atoms with Gasteiger partial charge >= 0.3 is 0 Å². The van der Waals surface area contributed by atoms with Crippen LogP contribution < -0.4 is 16.0 Å². The predicted molar refractivity (Wildman–Crippen MR) is 60.9 cm³/mol. The third-order valence-electron chi connectivity index (χ3n) is 2.43. The molecule has 6 nitrogen and oxygen atoms in total. The molecule has 1 aliphatic heterocycles. The van der Waals surface area contributed by atoms with Gasteiger partial charge in [0.15, 0.2) is 0 Å². The van der Waals surface area contributed by atoms with Crippen molar-refractivity contribution < 1.29 is 9.59 Å². The van der Waals surface area contributed by atoms with Crippen LogP contribution in [-0.2, 0) is 9.59 Å². The van der Waals surface area contributed by atoms with E-state index in [4.69, 9.17) is 11.0 Å². The second kappa shape index (κ2) is 4.14. The summed E-state index contributed by atoms with van der Waals surface area (Å²) < 4.78 is 0. The Kier molecular flexibility index (Phi) is 2.66. The van der Waals surface area contributed by atoms with E-state index in [-0.39, 0.29) is 24.9 Å². The van der Waals surface area contributed by atoms with E-state index in [1.165, 1.54) is 6.07 Å². The van der Waals surface area contributed by atoms with Crippen molar-refractivity contribution in [2.75, 3.05) is 23.7 Å². The molecule has 0 bridgehead atoms. The van der Waals surface area contributed by atoms with Crippen molar-refractivity contribution >= 4 is 23.2 Å². The average Bonchev–Trinajstić information content (AvgIpc) is 2.27. The molecule has 1 heterocycles. The minimum Gasteiger partial charge on any atom is -0.399 e. The summed E-state index contributed by atoms with van der Waals surface area (Å²) in [5.41, 5.74) is 6.94. The van der Waals surface area contributed by atoms with Crippen molar-refractivity contribution in [2.45, 2.75) is 0 Å². The fourth-order valence-corrected chi connectivity index (χ4v) is 1.73. The highest BCUT2D eigenvalue weighted by Crippen LogP contribution is 2.22. The molecule has 1 aliphatic rings. The van der Waals surface area contributed by atoms with Gasteiger partial charge in [0.1, 0.15) is 6.07 Å². The fourth-order valence-electron chi connectivity index (χ4n) is 1.73. The van der Waals surface area contributed by atoms with Crippen LogP contribution in [0.25, 0.3) is 0 Å². The van der Waals surface area contributed by atoms with Crippen molar-refractivity contribution in [2.24, 2.45) is 0 Å². The van der Waals surface area contributed by atoms with E-state index < -0.39 is 0 Å². The number of benzene rings is 1. The summed E-state index contributed by atoms with van der Waals surface area (Å²) in [5.74, 6) is -0.746. The van der Waals surface area contributed by atoms with E-state index in [9.17, 15) is 9.59 Å². The zero-order valence-corrected chi connectivity index (χ0v) is 8.93. The minimum absolute atomic E-state index is 0.0599. The van der Waals surface area contributed by atoms with Crippen LogP contribution in [0.5, 0.6) is 0 Å². The normalized spacial score (nSPS) is 15.4. The standard InChI is InChI=1S/C11H10N4O2/c12-4-7-3-8(13)1-2-9(7)15-5-10(16)14-11(17)6-15/h1-3H,5-6,13H2,(H,14,16,17). The lowest BCUT2D eigenvalue weighted by Gasteiger charge is -2.28. The minimum atomic E-state index is -0.373. The first-order chi connectivity index (χ1) is 8.10. The second-order valence-electron chi connectivity index (χ2n) is 3.72. The van der Waals surface area contributed by atoms with Crippen molar-refractivity contribution in [1.82, 2.24) is 5.32 Å². The number of hydrogen-bond donors (Lipinski definition) is 2. The van der Waals surface area contributed by atoms with Gasteiger partial charge in [-0.25, -0.2) is 0 Å². The SMILES string of the molecule is N#Cc1cc(N)ccc1N1CC(=O)NC(=O)C1. The summed E-state index contributed by atoms with van der Waals surface area (Å²) in [6.45, 7) is 0.120. The number of nitrogen functional groups attached to an aromatic ring is 1. The van der Waals surface area contributed by atoms with Crippen LogP contribution in [0.1, 0.15) is 5.56 Å². The molecule has 1 saturated heterocycles. The summed E-state index contributed by atoms with van der Waals surface area (Å²) >= 11 is 0. The maximum Gasteiger partial charge on any atom is 0.246 e. The third kappa shape index (κ3) is 2.18. The average molecular weight is 230 g/mol. The highest BCUT2D eigenvalue weighted by atomic mass is 16.2. The van der Waals surface area contributed by atoms with Crippen LogP contribution in [0, 0.1) is 11.3 Å². The van der Waals surface area contributed by atoms with Gasteiger partial charge in [-0.2, -0.15) is 5.26 Å². The van der Waals surface area contributed by atoms with E-state index in [1.807, 2.05) is 6.07 Å². The highest BCUT2D eigenvalue weighted by molar-refractivity contribution is 6.03. The van der Waals surface area contributed by atoms with Gasteiger partial charge in [-0.05, 0) is 18.2 Å². The van der Waals surface area contributed by atoms with Gasteiger partial charge in [0.25, 0.3) is 0 Å². The van der Waals surface area contributed by atoms with Crippen LogP contribution >= 0.6 is 0 Å². The zero-order valence-electron chi connectivity index (χ0n) is 8.93. The molecule has 0 aromatic heterocycles. The lowest BCUT2D eigenvalue weighted by Crippen LogP contribution is -2.51. The second-order valence-corrected chi connectivity index (χ2v) is 3.72. The number of nitriles is 1. The zero-order chi connectivity index (χ0) is 12.4. The number of anilines is 2. The molecular formula is C11H10N4O2. The van der Waals surface area contributed by atoms with E-state index in [0.717, 1.165) is 0 Å². The van der Waals surface area contributed by atoms with Gasteiger partial charge in [0.05, 0.1) is 24.3 Å². The Balaban J connectivity index is 2.37. The summed E-state index contributed by atoms with van der Waals surface area (Å²) in [6, 6.07) is 6.79. The molecular weight excluding hydrogens is 220 g/mol. The molecule has 0 radical (unpaired) electrons. The van der Waals surface area contributed by atoms with E-state index in [1.54, 1.807) is 17.0 Å². The molecule has 1 aromatic rings. The van der Waals surface area contributed by atoms with Crippen molar-refractivity contribution in [3.8, 4) is 6.07 Å². The molecule has 86 valence electrons. The van der Waals surface area contributed by atoms with E-state index >= 15 is 0 Å². The number of rotatable bonds is 1. The van der Waals surface area contributed by atoms with E-state index in [0.29, 0.717) is 16.9 Å². The van der Waals surface area contributed by atoms with Crippen LogP contribution in [0.15, 0.2) is 18.2 Å². The van der Waals surface area contributed by atoms with Gasteiger partial charge < -0.3 is 10.6 Å².